The van der Waals surface area contributed by atoms with Crippen LogP contribution in [0.3, 0.4) is 0 Å². The van der Waals surface area contributed by atoms with Gasteiger partial charge in [0.2, 0.25) is 11.6 Å². The summed E-state index contributed by atoms with van der Waals surface area (Å²) in [6.07, 6.45) is 0.990. The van der Waals surface area contributed by atoms with Crippen LogP contribution in [0, 0.1) is 10.1 Å². The number of anilines is 3. The highest BCUT2D eigenvalue weighted by atomic mass is 35.5. The van der Waals surface area contributed by atoms with Crippen LogP contribution in [-0.2, 0) is 6.18 Å². The number of alkyl halides is 3. The molecule has 0 atom stereocenters. The third kappa shape index (κ3) is 4.41. The molecule has 0 aliphatic carbocycles. The van der Waals surface area contributed by atoms with Gasteiger partial charge >= 0.3 is 11.9 Å². The number of aromatic nitrogens is 3. The van der Waals surface area contributed by atoms with Gasteiger partial charge in [0.1, 0.15) is 6.33 Å². The quantitative estimate of drug-likeness (QED) is 0.575. The Morgan fingerprint density at radius 3 is 2.36 bits per heavy atom. The zero-order valence-corrected chi connectivity index (χ0v) is 15.3. The number of pyridine rings is 1. The molecule has 2 aromatic heterocycles. The van der Waals surface area contributed by atoms with Gasteiger partial charge in [-0.1, -0.05) is 24.4 Å². The molecule has 3 rings (SSSR count). The van der Waals surface area contributed by atoms with Gasteiger partial charge in [0.15, 0.2) is 5.82 Å². The van der Waals surface area contributed by atoms with Crippen molar-refractivity contribution in [2.45, 2.75) is 31.9 Å². The molecule has 1 N–H and O–H groups in total. The molecule has 1 aliphatic heterocycles. The Morgan fingerprint density at radius 2 is 1.79 bits per heavy atom. The molecule has 0 aromatic carbocycles. The molecule has 2 aromatic rings. The maximum absolute atomic E-state index is 12.8. The number of hydrogen-bond donors (Lipinski definition) is 1. The third-order valence-electron chi connectivity index (χ3n) is 4.30. The van der Waals surface area contributed by atoms with Crippen LogP contribution in [0.15, 0.2) is 18.6 Å². The molecular formula is C16H16ClF3N6O2. The van der Waals surface area contributed by atoms with Crippen LogP contribution in [0.25, 0.3) is 0 Å². The number of hydrogen-bond acceptors (Lipinski definition) is 7. The summed E-state index contributed by atoms with van der Waals surface area (Å²) in [6.45, 7) is 1.24. The fourth-order valence-electron chi connectivity index (χ4n) is 2.94. The van der Waals surface area contributed by atoms with E-state index < -0.39 is 16.7 Å². The standard InChI is InChI=1S/C16H16ClF3N6O2/c17-11-7-10(16(18,19)20)8-21-13(11)24-14-12(26(27)28)15(23-9-22-14)25-5-3-1-2-4-6-25/h7-9H,1-6H2,(H,21,22,23,24). The Hall–Kier alpha value is -2.69. The van der Waals surface area contributed by atoms with Gasteiger partial charge in [-0.05, 0) is 18.9 Å². The second-order valence-electron chi connectivity index (χ2n) is 6.23. The lowest BCUT2D eigenvalue weighted by molar-refractivity contribution is -0.383. The van der Waals surface area contributed by atoms with Gasteiger partial charge in [0.25, 0.3) is 0 Å². The van der Waals surface area contributed by atoms with E-state index in [-0.39, 0.29) is 28.2 Å². The van der Waals surface area contributed by atoms with Crippen LogP contribution in [0.1, 0.15) is 31.2 Å². The average Bonchev–Trinajstić information content (AvgIpc) is 2.91. The first-order chi connectivity index (χ1) is 13.3. The van der Waals surface area contributed by atoms with Crippen molar-refractivity contribution in [3.63, 3.8) is 0 Å². The number of rotatable bonds is 4. The second-order valence-corrected chi connectivity index (χ2v) is 6.64. The van der Waals surface area contributed by atoms with Crippen LogP contribution in [0.2, 0.25) is 5.02 Å². The highest BCUT2D eigenvalue weighted by Crippen LogP contribution is 2.37. The van der Waals surface area contributed by atoms with Crippen molar-refractivity contribution in [3.05, 3.63) is 39.3 Å². The predicted molar refractivity (Wildman–Crippen MR) is 96.9 cm³/mol. The van der Waals surface area contributed by atoms with Crippen molar-refractivity contribution in [3.8, 4) is 0 Å². The molecule has 0 saturated carbocycles. The predicted octanol–water partition coefficient (Wildman–Crippen LogP) is 4.58. The Balaban J connectivity index is 1.96. The largest absolute Gasteiger partial charge is 0.417 e. The fraction of sp³-hybridized carbons (Fsp3) is 0.438. The summed E-state index contributed by atoms with van der Waals surface area (Å²) in [6, 6.07) is 0.694. The van der Waals surface area contributed by atoms with Gasteiger partial charge in [0, 0.05) is 19.3 Å². The minimum absolute atomic E-state index is 0.160. The molecule has 1 aliphatic rings. The molecule has 0 amide bonds. The topological polar surface area (TPSA) is 97.1 Å². The van der Waals surface area contributed by atoms with Crippen molar-refractivity contribution >= 4 is 34.7 Å². The van der Waals surface area contributed by atoms with Crippen molar-refractivity contribution in [1.82, 2.24) is 15.0 Å². The fourth-order valence-corrected chi connectivity index (χ4v) is 3.15. The van der Waals surface area contributed by atoms with E-state index in [1.807, 2.05) is 4.90 Å². The van der Waals surface area contributed by atoms with E-state index in [1.165, 1.54) is 0 Å². The molecule has 0 spiro atoms. The average molecular weight is 417 g/mol. The molecule has 12 heteroatoms. The van der Waals surface area contributed by atoms with E-state index in [2.05, 4.69) is 20.3 Å². The Kier molecular flexibility index (Phi) is 5.82. The highest BCUT2D eigenvalue weighted by molar-refractivity contribution is 6.33. The Bertz CT molecular complexity index is 872. The van der Waals surface area contributed by atoms with Crippen LogP contribution < -0.4 is 10.2 Å². The van der Waals surface area contributed by atoms with E-state index in [1.54, 1.807) is 0 Å². The lowest BCUT2D eigenvalue weighted by atomic mass is 10.2. The second kappa shape index (κ2) is 8.13. The monoisotopic (exact) mass is 416 g/mol. The molecule has 8 nitrogen and oxygen atoms in total. The SMILES string of the molecule is O=[N+]([O-])c1c(Nc2ncc(C(F)(F)F)cc2Cl)ncnc1N1CCCCCC1. The zero-order chi connectivity index (χ0) is 20.3. The van der Waals surface area contributed by atoms with E-state index in [9.17, 15) is 23.3 Å². The van der Waals surface area contributed by atoms with Crippen LogP contribution >= 0.6 is 11.6 Å². The number of halogens is 4. The lowest BCUT2D eigenvalue weighted by Gasteiger charge is -2.21. The number of nitrogens with one attached hydrogen (secondary N) is 1. The number of nitrogens with zero attached hydrogens (tertiary/aromatic N) is 5. The molecule has 1 fully saturated rings. The molecule has 150 valence electrons. The Morgan fingerprint density at radius 1 is 1.11 bits per heavy atom. The maximum atomic E-state index is 12.8. The molecule has 0 bridgehead atoms. The van der Waals surface area contributed by atoms with Gasteiger partial charge in [0.05, 0.1) is 15.5 Å². The molecule has 3 heterocycles. The lowest BCUT2D eigenvalue weighted by Crippen LogP contribution is -2.26. The molecule has 0 radical (unpaired) electrons. The smallest absolute Gasteiger partial charge is 0.351 e. The minimum atomic E-state index is -4.60. The van der Waals surface area contributed by atoms with Gasteiger partial charge in [-0.2, -0.15) is 13.2 Å². The van der Waals surface area contributed by atoms with Gasteiger partial charge < -0.3 is 10.2 Å². The van der Waals surface area contributed by atoms with Crippen molar-refractivity contribution in [1.29, 1.82) is 0 Å². The van der Waals surface area contributed by atoms with Crippen LogP contribution in [0.4, 0.5) is 36.3 Å². The molecular weight excluding hydrogens is 401 g/mol. The first-order valence-corrected chi connectivity index (χ1v) is 8.89. The summed E-state index contributed by atoms with van der Waals surface area (Å²) in [4.78, 5) is 24.5. The Labute approximate surface area is 162 Å². The first-order valence-electron chi connectivity index (χ1n) is 8.51. The van der Waals surface area contributed by atoms with Gasteiger partial charge in [-0.3, -0.25) is 10.1 Å². The summed E-state index contributed by atoms with van der Waals surface area (Å²) in [5.74, 6) is -0.195. The van der Waals surface area contributed by atoms with E-state index >= 15 is 0 Å². The summed E-state index contributed by atoms with van der Waals surface area (Å²) in [5, 5.41) is 13.9. The summed E-state index contributed by atoms with van der Waals surface area (Å²) in [7, 11) is 0. The van der Waals surface area contributed by atoms with E-state index in [4.69, 9.17) is 11.6 Å². The van der Waals surface area contributed by atoms with Crippen LogP contribution in [-0.4, -0.2) is 33.0 Å². The molecule has 1 saturated heterocycles. The van der Waals surface area contributed by atoms with E-state index in [0.717, 1.165) is 32.0 Å². The number of nitro groups is 1. The van der Waals surface area contributed by atoms with Crippen molar-refractivity contribution < 1.29 is 18.1 Å². The van der Waals surface area contributed by atoms with Crippen LogP contribution in [0.5, 0.6) is 0 Å². The normalized spacial score (nSPS) is 15.2. The van der Waals surface area contributed by atoms with Gasteiger partial charge in [-0.15, -0.1) is 0 Å². The summed E-state index contributed by atoms with van der Waals surface area (Å²) in [5.41, 5.74) is -1.40. The zero-order valence-electron chi connectivity index (χ0n) is 14.5. The highest BCUT2D eigenvalue weighted by Gasteiger charge is 2.32. The first kappa shape index (κ1) is 20.1. The summed E-state index contributed by atoms with van der Waals surface area (Å²) < 4.78 is 38.3. The van der Waals surface area contributed by atoms with E-state index in [0.29, 0.717) is 25.4 Å². The molecule has 0 unspecified atom stereocenters. The molecule has 28 heavy (non-hydrogen) atoms. The van der Waals surface area contributed by atoms with Gasteiger partial charge in [-0.25, -0.2) is 15.0 Å². The maximum Gasteiger partial charge on any atom is 0.417 e. The minimum Gasteiger partial charge on any atom is -0.351 e. The van der Waals surface area contributed by atoms with Crippen molar-refractivity contribution in [2.24, 2.45) is 0 Å². The third-order valence-corrected chi connectivity index (χ3v) is 4.58. The summed E-state index contributed by atoms with van der Waals surface area (Å²) >= 11 is 5.88. The van der Waals surface area contributed by atoms with Crippen molar-refractivity contribution in [2.75, 3.05) is 23.3 Å².